The van der Waals surface area contributed by atoms with Crippen molar-refractivity contribution in [3.8, 4) is 5.75 Å². The van der Waals surface area contributed by atoms with Gasteiger partial charge in [0.05, 0.1) is 35.3 Å². The number of halogens is 4. The minimum absolute atomic E-state index is 0.175. The number of nitrogen functional groups attached to an aromatic ring is 1. The van der Waals surface area contributed by atoms with Crippen LogP contribution in [0.2, 0.25) is 5.02 Å². The number of hydrogen-bond acceptors (Lipinski definition) is 5. The molecule has 3 rings (SSSR count). The van der Waals surface area contributed by atoms with E-state index in [1.165, 1.54) is 18.0 Å². The Morgan fingerprint density at radius 3 is 2.46 bits per heavy atom. The van der Waals surface area contributed by atoms with E-state index in [-0.39, 0.29) is 11.2 Å². The van der Waals surface area contributed by atoms with E-state index in [1.807, 2.05) is 30.5 Å². The average molecular weight is 431 g/mol. The number of aromatic nitrogens is 2. The molecule has 0 radical (unpaired) electrons. The second-order valence-electron chi connectivity index (χ2n) is 6.02. The molecule has 0 fully saturated rings. The quantitative estimate of drug-likeness (QED) is 0.434. The van der Waals surface area contributed by atoms with Crippen molar-refractivity contribution in [2.24, 2.45) is 0 Å². The van der Waals surface area contributed by atoms with Gasteiger partial charge in [-0.1, -0.05) is 35.7 Å². The molecule has 3 aromatic rings. The number of rotatable bonds is 6. The highest BCUT2D eigenvalue weighted by atomic mass is 35.5. The average Bonchev–Trinajstić information content (AvgIpc) is 3.01. The Balaban J connectivity index is 2.07. The number of alkyl halides is 3. The van der Waals surface area contributed by atoms with Crippen LogP contribution in [-0.2, 0) is 13.1 Å². The van der Waals surface area contributed by atoms with Crippen molar-refractivity contribution < 1.29 is 17.9 Å². The van der Waals surface area contributed by atoms with Crippen LogP contribution in [0.4, 0.5) is 24.7 Å². The fraction of sp³-hybridized carbons (Fsp3) is 0.278. The fourth-order valence-corrected chi connectivity index (χ4v) is 3.69. The summed E-state index contributed by atoms with van der Waals surface area (Å²) in [4.78, 5) is 0. The number of anilines is 2. The summed E-state index contributed by atoms with van der Waals surface area (Å²) in [5.41, 5.74) is 7.26. The van der Waals surface area contributed by atoms with E-state index >= 15 is 0 Å². The summed E-state index contributed by atoms with van der Waals surface area (Å²) in [5, 5.41) is 4.90. The Kier molecular flexibility index (Phi) is 5.85. The molecular weight excluding hydrogens is 413 g/mol. The van der Waals surface area contributed by atoms with E-state index < -0.39 is 12.7 Å². The molecule has 0 unspecified atom stereocenters. The Morgan fingerprint density at radius 1 is 1.21 bits per heavy atom. The highest BCUT2D eigenvalue weighted by Gasteiger charge is 2.31. The summed E-state index contributed by atoms with van der Waals surface area (Å²) in [6, 6.07) is 10.4. The molecule has 28 heavy (non-hydrogen) atoms. The summed E-state index contributed by atoms with van der Waals surface area (Å²) >= 11 is 7.65. The largest absolute Gasteiger partial charge is 0.497 e. The standard InChI is InChI=1S/C18H18ClF3N4OS/c1-27-12-5-3-11(4-6-12)9-26(28-2)17-15-13(19)7-8-14(23)16(15)25(24-17)10-18(20,21)22/h3-8H,9-10,23H2,1-2H3. The van der Waals surface area contributed by atoms with Crippen molar-refractivity contribution in [1.29, 1.82) is 0 Å². The van der Waals surface area contributed by atoms with Crippen molar-refractivity contribution >= 4 is 46.0 Å². The van der Waals surface area contributed by atoms with Gasteiger partial charge in [0.2, 0.25) is 0 Å². The lowest BCUT2D eigenvalue weighted by Gasteiger charge is -2.20. The molecule has 10 heteroatoms. The zero-order valence-corrected chi connectivity index (χ0v) is 16.7. The van der Waals surface area contributed by atoms with Crippen molar-refractivity contribution in [2.45, 2.75) is 19.3 Å². The van der Waals surface area contributed by atoms with Crippen LogP contribution in [-0.4, -0.2) is 29.3 Å². The molecule has 0 amide bonds. The van der Waals surface area contributed by atoms with Gasteiger partial charge in [0.15, 0.2) is 5.82 Å². The van der Waals surface area contributed by atoms with E-state index in [1.54, 1.807) is 17.5 Å². The van der Waals surface area contributed by atoms with Gasteiger partial charge >= 0.3 is 6.18 Å². The Hall–Kier alpha value is -2.26. The number of fused-ring (bicyclic) bond motifs is 1. The predicted octanol–water partition coefficient (Wildman–Crippen LogP) is 5.13. The number of ether oxygens (including phenoxy) is 1. The summed E-state index contributed by atoms with van der Waals surface area (Å²) in [7, 11) is 1.58. The van der Waals surface area contributed by atoms with Gasteiger partial charge in [-0.15, -0.1) is 0 Å². The topological polar surface area (TPSA) is 56.3 Å². The number of nitrogens with two attached hydrogens (primary N) is 1. The highest BCUT2D eigenvalue weighted by molar-refractivity contribution is 7.99. The third-order valence-corrected chi connectivity index (χ3v) is 5.18. The van der Waals surface area contributed by atoms with Crippen molar-refractivity contribution in [3.63, 3.8) is 0 Å². The molecule has 0 aliphatic rings. The monoisotopic (exact) mass is 430 g/mol. The van der Waals surface area contributed by atoms with E-state index in [0.29, 0.717) is 22.8 Å². The minimum Gasteiger partial charge on any atom is -0.497 e. The van der Waals surface area contributed by atoms with Crippen LogP contribution >= 0.6 is 23.5 Å². The minimum atomic E-state index is -4.44. The van der Waals surface area contributed by atoms with Crippen molar-refractivity contribution in [3.05, 3.63) is 47.0 Å². The molecule has 0 bridgehead atoms. The van der Waals surface area contributed by atoms with Crippen LogP contribution < -0.4 is 14.8 Å². The highest BCUT2D eigenvalue weighted by Crippen LogP contribution is 2.39. The second kappa shape index (κ2) is 8.00. The first kappa shape index (κ1) is 20.5. The number of methoxy groups -OCH3 is 1. The summed E-state index contributed by atoms with van der Waals surface area (Å²) < 4.78 is 46.9. The third-order valence-electron chi connectivity index (χ3n) is 4.13. The van der Waals surface area contributed by atoms with Crippen LogP contribution in [0.3, 0.4) is 0 Å². The van der Waals surface area contributed by atoms with Crippen LogP contribution in [0.15, 0.2) is 36.4 Å². The van der Waals surface area contributed by atoms with Crippen molar-refractivity contribution in [1.82, 2.24) is 9.78 Å². The molecule has 2 N–H and O–H groups in total. The molecule has 1 heterocycles. The molecule has 2 aromatic carbocycles. The zero-order valence-electron chi connectivity index (χ0n) is 15.1. The lowest BCUT2D eigenvalue weighted by molar-refractivity contribution is -0.141. The fourth-order valence-electron chi connectivity index (χ4n) is 2.87. The molecule has 0 aliphatic carbocycles. The first-order valence-electron chi connectivity index (χ1n) is 8.19. The van der Waals surface area contributed by atoms with Gasteiger partial charge < -0.3 is 10.5 Å². The van der Waals surface area contributed by atoms with Crippen LogP contribution in [0.1, 0.15) is 5.56 Å². The van der Waals surface area contributed by atoms with Gasteiger partial charge in [-0.2, -0.15) is 18.3 Å². The molecule has 0 saturated carbocycles. The molecule has 0 aliphatic heterocycles. The smallest absolute Gasteiger partial charge is 0.408 e. The molecule has 0 atom stereocenters. The Bertz CT molecular complexity index is 976. The summed E-state index contributed by atoms with van der Waals surface area (Å²) in [6.07, 6.45) is -2.62. The molecule has 150 valence electrons. The van der Waals surface area contributed by atoms with Gasteiger partial charge in [-0.25, -0.2) is 0 Å². The normalized spacial score (nSPS) is 11.8. The molecule has 1 aromatic heterocycles. The van der Waals surface area contributed by atoms with Gasteiger partial charge in [0, 0.05) is 6.26 Å². The maximum Gasteiger partial charge on any atom is 0.408 e. The van der Waals surface area contributed by atoms with Gasteiger partial charge in [0.25, 0.3) is 0 Å². The first-order chi connectivity index (χ1) is 13.2. The Morgan fingerprint density at radius 2 is 1.89 bits per heavy atom. The maximum absolute atomic E-state index is 13.0. The number of hydrogen-bond donors (Lipinski definition) is 1. The van der Waals surface area contributed by atoms with Crippen LogP contribution in [0, 0.1) is 0 Å². The summed E-state index contributed by atoms with van der Waals surface area (Å²) in [5.74, 6) is 1.05. The molecule has 0 spiro atoms. The first-order valence-corrected chi connectivity index (χ1v) is 9.75. The molecular formula is C18H18ClF3N4OS. The predicted molar refractivity (Wildman–Crippen MR) is 108 cm³/mol. The van der Waals surface area contributed by atoms with Gasteiger partial charge in [-0.3, -0.25) is 8.99 Å². The molecule has 0 saturated heterocycles. The third kappa shape index (κ3) is 4.25. The second-order valence-corrected chi connectivity index (χ2v) is 7.24. The summed E-state index contributed by atoms with van der Waals surface area (Å²) in [6.45, 7) is -0.840. The van der Waals surface area contributed by atoms with Crippen LogP contribution in [0.5, 0.6) is 5.75 Å². The SMILES string of the molecule is COc1ccc(CN(SC)c2nn(CC(F)(F)F)c3c(N)ccc(Cl)c23)cc1. The van der Waals surface area contributed by atoms with E-state index in [4.69, 9.17) is 22.1 Å². The Labute approximate surface area is 169 Å². The lowest BCUT2D eigenvalue weighted by Crippen LogP contribution is -2.20. The van der Waals surface area contributed by atoms with E-state index in [9.17, 15) is 13.2 Å². The van der Waals surface area contributed by atoms with E-state index in [0.717, 1.165) is 16.0 Å². The number of benzene rings is 2. The molecule has 5 nitrogen and oxygen atoms in total. The number of nitrogens with zero attached hydrogens (tertiary/aromatic N) is 3. The van der Waals surface area contributed by atoms with Gasteiger partial charge in [0.1, 0.15) is 12.3 Å². The maximum atomic E-state index is 13.0. The van der Waals surface area contributed by atoms with Crippen LogP contribution in [0.25, 0.3) is 10.9 Å². The zero-order chi connectivity index (χ0) is 20.5. The van der Waals surface area contributed by atoms with Crippen molar-refractivity contribution in [2.75, 3.05) is 23.4 Å². The van der Waals surface area contributed by atoms with E-state index in [2.05, 4.69) is 5.10 Å². The van der Waals surface area contributed by atoms with Gasteiger partial charge in [-0.05, 0) is 29.8 Å². The lowest BCUT2D eigenvalue weighted by atomic mass is 10.2.